The molecule has 0 bridgehead atoms. The van der Waals surface area contributed by atoms with Crippen LogP contribution >= 0.6 is 11.6 Å². The van der Waals surface area contributed by atoms with E-state index in [9.17, 15) is 4.79 Å². The van der Waals surface area contributed by atoms with E-state index in [1.54, 1.807) is 19.1 Å². The topological polar surface area (TPSA) is 74.4 Å². The Morgan fingerprint density at radius 2 is 2.19 bits per heavy atom. The zero-order valence-corrected chi connectivity index (χ0v) is 12.3. The Bertz CT molecular complexity index is 647. The molecule has 2 rings (SSSR count). The molecule has 0 atom stereocenters. The van der Waals surface area contributed by atoms with Crippen LogP contribution in [0.5, 0.6) is 5.88 Å². The summed E-state index contributed by atoms with van der Waals surface area (Å²) in [4.78, 5) is 15.9. The molecule has 0 fully saturated rings. The van der Waals surface area contributed by atoms with Gasteiger partial charge in [-0.15, -0.1) is 0 Å². The second kappa shape index (κ2) is 6.95. The summed E-state index contributed by atoms with van der Waals surface area (Å²) >= 11 is 5.91. The molecule has 0 saturated heterocycles. The first-order valence-corrected chi connectivity index (χ1v) is 6.78. The summed E-state index contributed by atoms with van der Waals surface area (Å²) in [5, 5.41) is 0.618. The lowest BCUT2D eigenvalue weighted by molar-refractivity contribution is 0.0520. The average Bonchev–Trinajstić information content (AvgIpc) is 2.46. The molecule has 0 unspecified atom stereocenters. The molecule has 5 nitrogen and oxygen atoms in total. The minimum Gasteiger partial charge on any atom is -0.472 e. The van der Waals surface area contributed by atoms with Crippen LogP contribution < -0.4 is 10.5 Å². The Morgan fingerprint density at radius 3 is 2.90 bits per heavy atom. The number of carbonyl (C=O) groups excluding carboxylic acids is 1. The Kier molecular flexibility index (Phi) is 5.00. The number of rotatable bonds is 5. The highest BCUT2D eigenvalue weighted by Crippen LogP contribution is 2.21. The van der Waals surface area contributed by atoms with Crippen molar-refractivity contribution in [3.8, 4) is 5.88 Å². The number of benzene rings is 1. The second-order valence-electron chi connectivity index (χ2n) is 4.26. The minimum absolute atomic E-state index is 0.183. The first kappa shape index (κ1) is 15.1. The standard InChI is InChI=1S/C15H15ClN2O3/c1-2-20-15(19)13-7-12(17)8-18-14(13)21-9-10-4-3-5-11(16)6-10/h3-8H,2,9,17H2,1H3. The molecule has 6 heteroatoms. The number of anilines is 1. The van der Waals surface area contributed by atoms with Crippen molar-refractivity contribution < 1.29 is 14.3 Å². The van der Waals surface area contributed by atoms with Crippen molar-refractivity contribution in [2.75, 3.05) is 12.3 Å². The molecule has 2 aromatic rings. The van der Waals surface area contributed by atoms with Crippen LogP contribution in [0.15, 0.2) is 36.5 Å². The maximum atomic E-state index is 11.9. The van der Waals surface area contributed by atoms with E-state index in [1.807, 2.05) is 12.1 Å². The van der Waals surface area contributed by atoms with Crippen molar-refractivity contribution in [1.29, 1.82) is 0 Å². The first-order valence-electron chi connectivity index (χ1n) is 6.40. The maximum absolute atomic E-state index is 11.9. The number of aromatic nitrogens is 1. The van der Waals surface area contributed by atoms with Gasteiger partial charge in [-0.25, -0.2) is 9.78 Å². The molecule has 21 heavy (non-hydrogen) atoms. The van der Waals surface area contributed by atoms with Gasteiger partial charge in [0.15, 0.2) is 0 Å². The highest BCUT2D eigenvalue weighted by Gasteiger charge is 2.16. The van der Waals surface area contributed by atoms with Gasteiger partial charge >= 0.3 is 5.97 Å². The summed E-state index contributed by atoms with van der Waals surface area (Å²) < 4.78 is 10.5. The molecule has 1 aromatic carbocycles. The van der Waals surface area contributed by atoms with E-state index in [4.69, 9.17) is 26.8 Å². The number of halogens is 1. The molecule has 0 spiro atoms. The molecule has 0 amide bonds. The molecule has 0 aliphatic rings. The molecule has 0 radical (unpaired) electrons. The first-order chi connectivity index (χ1) is 10.1. The highest BCUT2D eigenvalue weighted by atomic mass is 35.5. The summed E-state index contributed by atoms with van der Waals surface area (Å²) in [6, 6.07) is 8.73. The summed E-state index contributed by atoms with van der Waals surface area (Å²) in [5.41, 5.74) is 7.09. The van der Waals surface area contributed by atoms with Crippen molar-refractivity contribution in [3.05, 3.63) is 52.7 Å². The Morgan fingerprint density at radius 1 is 1.38 bits per heavy atom. The zero-order chi connectivity index (χ0) is 15.2. The van der Waals surface area contributed by atoms with Crippen molar-refractivity contribution >= 4 is 23.3 Å². The number of ether oxygens (including phenoxy) is 2. The predicted molar refractivity (Wildman–Crippen MR) is 80.4 cm³/mol. The van der Waals surface area contributed by atoms with E-state index in [1.165, 1.54) is 12.3 Å². The summed E-state index contributed by atoms with van der Waals surface area (Å²) in [6.07, 6.45) is 1.43. The molecule has 110 valence electrons. The molecule has 1 aromatic heterocycles. The third-order valence-electron chi connectivity index (χ3n) is 2.63. The van der Waals surface area contributed by atoms with Gasteiger partial charge in [0, 0.05) is 5.02 Å². The van der Waals surface area contributed by atoms with Crippen molar-refractivity contribution in [2.45, 2.75) is 13.5 Å². The number of nitrogen functional groups attached to an aromatic ring is 1. The Labute approximate surface area is 127 Å². The van der Waals surface area contributed by atoms with Gasteiger partial charge in [0.05, 0.1) is 18.5 Å². The molecular formula is C15H15ClN2O3. The molecule has 1 heterocycles. The molecule has 2 N–H and O–H groups in total. The Balaban J connectivity index is 2.17. The Hall–Kier alpha value is -2.27. The van der Waals surface area contributed by atoms with Crippen LogP contribution in [0.3, 0.4) is 0 Å². The number of carbonyl (C=O) groups is 1. The summed E-state index contributed by atoms with van der Waals surface area (Å²) in [5.74, 6) is -0.332. The third kappa shape index (κ3) is 4.10. The monoisotopic (exact) mass is 306 g/mol. The van der Waals surface area contributed by atoms with E-state index in [-0.39, 0.29) is 24.7 Å². The van der Waals surface area contributed by atoms with Gasteiger partial charge in [-0.3, -0.25) is 0 Å². The van der Waals surface area contributed by atoms with E-state index in [0.717, 1.165) is 5.56 Å². The maximum Gasteiger partial charge on any atom is 0.343 e. The fourth-order valence-electron chi connectivity index (χ4n) is 1.72. The SMILES string of the molecule is CCOC(=O)c1cc(N)cnc1OCc1cccc(Cl)c1. The van der Waals surface area contributed by atoms with Gasteiger partial charge in [-0.2, -0.15) is 0 Å². The smallest absolute Gasteiger partial charge is 0.343 e. The molecular weight excluding hydrogens is 292 g/mol. The van der Waals surface area contributed by atoms with E-state index in [2.05, 4.69) is 4.98 Å². The number of pyridine rings is 1. The average molecular weight is 307 g/mol. The lowest BCUT2D eigenvalue weighted by atomic mass is 10.2. The second-order valence-corrected chi connectivity index (χ2v) is 4.70. The minimum atomic E-state index is -0.515. The lowest BCUT2D eigenvalue weighted by Gasteiger charge is -2.10. The van der Waals surface area contributed by atoms with Gasteiger partial charge < -0.3 is 15.2 Å². The van der Waals surface area contributed by atoms with Gasteiger partial charge in [-0.1, -0.05) is 23.7 Å². The zero-order valence-electron chi connectivity index (χ0n) is 11.5. The van der Waals surface area contributed by atoms with E-state index < -0.39 is 5.97 Å². The van der Waals surface area contributed by atoms with Crippen LogP contribution in [0.2, 0.25) is 5.02 Å². The summed E-state index contributed by atoms with van der Waals surface area (Å²) in [6.45, 7) is 2.23. The third-order valence-corrected chi connectivity index (χ3v) is 2.87. The van der Waals surface area contributed by atoms with Crippen LogP contribution in [-0.2, 0) is 11.3 Å². The van der Waals surface area contributed by atoms with Gasteiger partial charge in [0.1, 0.15) is 12.2 Å². The number of hydrogen-bond donors (Lipinski definition) is 1. The summed E-state index contributed by atoms with van der Waals surface area (Å²) in [7, 11) is 0. The van der Waals surface area contributed by atoms with Crippen LogP contribution in [0, 0.1) is 0 Å². The number of hydrogen-bond acceptors (Lipinski definition) is 5. The van der Waals surface area contributed by atoms with Crippen LogP contribution in [0.1, 0.15) is 22.8 Å². The van der Waals surface area contributed by atoms with Crippen molar-refractivity contribution in [2.24, 2.45) is 0 Å². The fraction of sp³-hybridized carbons (Fsp3) is 0.200. The largest absolute Gasteiger partial charge is 0.472 e. The van der Waals surface area contributed by atoms with Gasteiger partial charge in [0.25, 0.3) is 0 Å². The van der Waals surface area contributed by atoms with Crippen molar-refractivity contribution in [1.82, 2.24) is 4.98 Å². The van der Waals surface area contributed by atoms with Gasteiger partial charge in [0.2, 0.25) is 5.88 Å². The van der Waals surface area contributed by atoms with Gasteiger partial charge in [-0.05, 0) is 30.7 Å². The van der Waals surface area contributed by atoms with Crippen LogP contribution in [-0.4, -0.2) is 17.6 Å². The van der Waals surface area contributed by atoms with E-state index in [0.29, 0.717) is 10.7 Å². The van der Waals surface area contributed by atoms with Crippen molar-refractivity contribution in [3.63, 3.8) is 0 Å². The number of esters is 1. The lowest BCUT2D eigenvalue weighted by Crippen LogP contribution is -2.10. The highest BCUT2D eigenvalue weighted by molar-refractivity contribution is 6.30. The number of nitrogens with zero attached hydrogens (tertiary/aromatic N) is 1. The quantitative estimate of drug-likeness (QED) is 0.859. The van der Waals surface area contributed by atoms with Crippen LogP contribution in [0.4, 0.5) is 5.69 Å². The molecule has 0 saturated carbocycles. The predicted octanol–water partition coefficient (Wildman–Crippen LogP) is 3.07. The molecule has 0 aliphatic heterocycles. The molecule has 0 aliphatic carbocycles. The fourth-order valence-corrected chi connectivity index (χ4v) is 1.93. The normalized spacial score (nSPS) is 10.2. The number of nitrogens with two attached hydrogens (primary N) is 1. The van der Waals surface area contributed by atoms with E-state index >= 15 is 0 Å². The van der Waals surface area contributed by atoms with Crippen LogP contribution in [0.25, 0.3) is 0 Å².